The molecule has 1 aromatic rings. The van der Waals surface area contributed by atoms with Gasteiger partial charge in [-0.3, -0.25) is 0 Å². The highest BCUT2D eigenvalue weighted by Crippen LogP contribution is 2.66. The van der Waals surface area contributed by atoms with Crippen molar-refractivity contribution in [2.75, 3.05) is 7.11 Å². The number of esters is 1. The number of carbonyl (C=O) groups excluding carboxylic acids is 1. The zero-order chi connectivity index (χ0) is 19.3. The van der Waals surface area contributed by atoms with Gasteiger partial charge in [-0.25, -0.2) is 4.79 Å². The third-order valence-corrected chi connectivity index (χ3v) is 6.26. The number of carbonyl (C=O) groups is 1. The summed E-state index contributed by atoms with van der Waals surface area (Å²) in [7, 11) is 0.898. The van der Waals surface area contributed by atoms with Gasteiger partial charge in [-0.15, -0.1) is 0 Å². The van der Waals surface area contributed by atoms with Crippen molar-refractivity contribution >= 4 is 5.97 Å². The van der Waals surface area contributed by atoms with E-state index in [4.69, 9.17) is 9.47 Å². The Morgan fingerprint density at radius 1 is 1.15 bits per heavy atom. The van der Waals surface area contributed by atoms with E-state index in [2.05, 4.69) is 20.8 Å². The van der Waals surface area contributed by atoms with Gasteiger partial charge >= 0.3 is 12.1 Å². The first-order valence-electron chi connectivity index (χ1n) is 8.94. The fraction of sp³-hybridized carbons (Fsp3) is 0.650. The summed E-state index contributed by atoms with van der Waals surface area (Å²) in [5.74, 6) is -0.556. The van der Waals surface area contributed by atoms with Gasteiger partial charge in [0.05, 0.1) is 0 Å². The van der Waals surface area contributed by atoms with Crippen molar-refractivity contribution in [3.05, 3.63) is 35.9 Å². The van der Waals surface area contributed by atoms with Crippen LogP contribution >= 0.6 is 0 Å². The summed E-state index contributed by atoms with van der Waals surface area (Å²) >= 11 is 0. The molecule has 0 aliphatic heterocycles. The molecule has 26 heavy (non-hydrogen) atoms. The van der Waals surface area contributed by atoms with E-state index >= 15 is 0 Å². The highest BCUT2D eigenvalue weighted by Gasteiger charge is 2.67. The summed E-state index contributed by atoms with van der Waals surface area (Å²) in [6.45, 7) is 6.23. The van der Waals surface area contributed by atoms with Crippen molar-refractivity contribution in [3.63, 3.8) is 0 Å². The van der Waals surface area contributed by atoms with Crippen molar-refractivity contribution in [1.29, 1.82) is 0 Å². The van der Waals surface area contributed by atoms with Gasteiger partial charge in [0.25, 0.3) is 5.60 Å². The largest absolute Gasteiger partial charge is 0.459 e. The monoisotopic (exact) mass is 370 g/mol. The lowest BCUT2D eigenvalue weighted by Crippen LogP contribution is -2.53. The second-order valence-corrected chi connectivity index (χ2v) is 8.22. The smallest absolute Gasteiger partial charge is 0.432 e. The van der Waals surface area contributed by atoms with Gasteiger partial charge in [-0.1, -0.05) is 51.1 Å². The molecule has 2 fully saturated rings. The lowest BCUT2D eigenvalue weighted by atomic mass is 9.88. The Bertz CT molecular complexity index is 671. The molecule has 3 rings (SSSR count). The number of alkyl halides is 3. The summed E-state index contributed by atoms with van der Waals surface area (Å²) in [5.41, 5.74) is -3.38. The van der Waals surface area contributed by atoms with E-state index in [1.165, 1.54) is 24.3 Å². The molecule has 0 bridgehead atoms. The van der Waals surface area contributed by atoms with Crippen LogP contribution in [0.25, 0.3) is 0 Å². The van der Waals surface area contributed by atoms with Crippen molar-refractivity contribution in [1.82, 2.24) is 0 Å². The Morgan fingerprint density at radius 2 is 1.77 bits per heavy atom. The van der Waals surface area contributed by atoms with Gasteiger partial charge < -0.3 is 9.47 Å². The van der Waals surface area contributed by atoms with Gasteiger partial charge in [-0.05, 0) is 30.1 Å². The highest BCUT2D eigenvalue weighted by atomic mass is 19.4. The topological polar surface area (TPSA) is 35.5 Å². The zero-order valence-electron chi connectivity index (χ0n) is 15.5. The molecule has 0 amide bonds. The fourth-order valence-electron chi connectivity index (χ4n) is 4.78. The Labute approximate surface area is 151 Å². The summed E-state index contributed by atoms with van der Waals surface area (Å²) in [4.78, 5) is 12.8. The average molecular weight is 370 g/mol. The molecule has 2 aliphatic rings. The van der Waals surface area contributed by atoms with E-state index in [9.17, 15) is 18.0 Å². The van der Waals surface area contributed by atoms with Gasteiger partial charge in [0.15, 0.2) is 0 Å². The van der Waals surface area contributed by atoms with Gasteiger partial charge in [0, 0.05) is 18.6 Å². The maximum absolute atomic E-state index is 14.0. The highest BCUT2D eigenvalue weighted by molar-refractivity contribution is 5.83. The molecule has 0 unspecified atom stereocenters. The second-order valence-electron chi connectivity index (χ2n) is 8.22. The van der Waals surface area contributed by atoms with Gasteiger partial charge in [-0.2, -0.15) is 13.2 Å². The van der Waals surface area contributed by atoms with Crippen LogP contribution in [-0.4, -0.2) is 25.4 Å². The van der Waals surface area contributed by atoms with Crippen molar-refractivity contribution < 1.29 is 27.4 Å². The number of benzene rings is 1. The summed E-state index contributed by atoms with van der Waals surface area (Å²) in [5, 5.41) is 0. The normalized spacial score (nSPS) is 32.3. The number of hydrogen-bond acceptors (Lipinski definition) is 3. The van der Waals surface area contributed by atoms with Crippen LogP contribution in [0.2, 0.25) is 0 Å². The zero-order valence-corrected chi connectivity index (χ0v) is 15.5. The Hall–Kier alpha value is -1.56. The first kappa shape index (κ1) is 19.2. The second kappa shape index (κ2) is 6.25. The molecule has 144 valence electrons. The van der Waals surface area contributed by atoms with Crippen LogP contribution < -0.4 is 0 Å². The Morgan fingerprint density at radius 3 is 2.31 bits per heavy atom. The predicted molar refractivity (Wildman–Crippen MR) is 90.2 cm³/mol. The van der Waals surface area contributed by atoms with Crippen LogP contribution in [0.3, 0.4) is 0 Å². The number of rotatable bonds is 4. The van der Waals surface area contributed by atoms with Crippen LogP contribution in [0.4, 0.5) is 13.2 Å². The van der Waals surface area contributed by atoms with E-state index in [0.29, 0.717) is 18.3 Å². The SMILES string of the molecule is CO[C@@](C(=O)O[C@@H]1C[C@H](C)C[C@H]2[C@@H]1C2(C)C)(c1ccccc1)C(F)(F)F. The van der Waals surface area contributed by atoms with Crippen molar-refractivity contribution in [2.24, 2.45) is 23.2 Å². The first-order chi connectivity index (χ1) is 12.1. The molecule has 1 aromatic carbocycles. The summed E-state index contributed by atoms with van der Waals surface area (Å²) in [6, 6.07) is 6.97. The lowest BCUT2D eigenvalue weighted by molar-refractivity contribution is -0.279. The minimum Gasteiger partial charge on any atom is -0.459 e. The molecule has 0 radical (unpaired) electrons. The van der Waals surface area contributed by atoms with E-state index in [0.717, 1.165) is 13.5 Å². The number of fused-ring (bicyclic) bond motifs is 1. The molecule has 3 nitrogen and oxygen atoms in total. The number of hydrogen-bond donors (Lipinski definition) is 0. The first-order valence-corrected chi connectivity index (χ1v) is 8.94. The molecular formula is C20H25F3O3. The molecule has 0 aromatic heterocycles. The standard InChI is InChI=1S/C20H25F3O3/c1-12-10-14-16(18(14,2)3)15(11-12)26-17(24)19(25-4,20(21,22)23)13-8-6-5-7-9-13/h5-9,12,14-16H,10-11H2,1-4H3/t12-,14+,15-,16+,19-/m1/s1. The van der Waals surface area contributed by atoms with E-state index in [-0.39, 0.29) is 16.9 Å². The Balaban J connectivity index is 1.92. The number of halogens is 3. The number of methoxy groups -OCH3 is 1. The molecule has 2 saturated carbocycles. The lowest BCUT2D eigenvalue weighted by Gasteiger charge is -2.35. The maximum atomic E-state index is 14.0. The van der Waals surface area contributed by atoms with Crippen LogP contribution in [0.5, 0.6) is 0 Å². The van der Waals surface area contributed by atoms with E-state index in [1.54, 1.807) is 6.07 Å². The van der Waals surface area contributed by atoms with Gasteiger partial charge in [0.1, 0.15) is 6.10 Å². The molecular weight excluding hydrogens is 345 g/mol. The Kier molecular flexibility index (Phi) is 4.62. The van der Waals surface area contributed by atoms with Crippen molar-refractivity contribution in [3.8, 4) is 0 Å². The van der Waals surface area contributed by atoms with E-state index in [1.807, 2.05) is 0 Å². The average Bonchev–Trinajstić information content (AvgIpc) is 3.09. The molecule has 0 saturated heterocycles. The van der Waals surface area contributed by atoms with E-state index < -0.39 is 23.9 Å². The minimum absolute atomic E-state index is 0.00355. The molecule has 2 aliphatic carbocycles. The summed E-state index contributed by atoms with van der Waals surface area (Å²) < 4.78 is 52.3. The fourth-order valence-corrected chi connectivity index (χ4v) is 4.78. The number of ether oxygens (including phenoxy) is 2. The van der Waals surface area contributed by atoms with Crippen LogP contribution in [0.15, 0.2) is 30.3 Å². The molecule has 0 N–H and O–H groups in total. The molecule has 6 heteroatoms. The van der Waals surface area contributed by atoms with Crippen molar-refractivity contribution in [2.45, 2.75) is 51.5 Å². The van der Waals surface area contributed by atoms with Gasteiger partial charge in [0.2, 0.25) is 0 Å². The molecule has 5 atom stereocenters. The molecule has 0 spiro atoms. The quantitative estimate of drug-likeness (QED) is 0.721. The third kappa shape index (κ3) is 2.82. The minimum atomic E-state index is -4.93. The predicted octanol–water partition coefficient (Wildman–Crippen LogP) is 4.70. The maximum Gasteiger partial charge on any atom is 0.432 e. The molecule has 0 heterocycles. The third-order valence-electron chi connectivity index (χ3n) is 6.26. The van der Waals surface area contributed by atoms with Crippen LogP contribution in [-0.2, 0) is 19.9 Å². The van der Waals surface area contributed by atoms with Crippen LogP contribution in [0.1, 0.15) is 39.2 Å². The summed E-state index contributed by atoms with van der Waals surface area (Å²) in [6.07, 6.45) is -3.83. The van der Waals surface area contributed by atoms with Crippen LogP contribution in [0, 0.1) is 23.2 Å².